The Balaban J connectivity index is 2.66. The maximum atomic E-state index is 4.21. The van der Waals surface area contributed by atoms with Gasteiger partial charge in [0, 0.05) is 17.2 Å². The number of anilines is 1. The predicted molar refractivity (Wildman–Crippen MR) is 62.9 cm³/mol. The first-order chi connectivity index (χ1) is 6.24. The fourth-order valence-corrected chi connectivity index (χ4v) is 1.95. The van der Waals surface area contributed by atoms with E-state index < -0.39 is 0 Å². The highest BCUT2D eigenvalue weighted by Gasteiger charge is 1.99. The van der Waals surface area contributed by atoms with E-state index in [0.29, 0.717) is 0 Å². The van der Waals surface area contributed by atoms with Gasteiger partial charge in [0.25, 0.3) is 0 Å². The van der Waals surface area contributed by atoms with Gasteiger partial charge in [-0.1, -0.05) is 12.2 Å². The van der Waals surface area contributed by atoms with Crippen molar-refractivity contribution in [1.82, 2.24) is 4.98 Å². The number of pyridine rings is 1. The average Bonchev–Trinajstić information content (AvgIpc) is 2.09. The Kier molecular flexibility index (Phi) is 4.45. The summed E-state index contributed by atoms with van der Waals surface area (Å²) in [6, 6.07) is 1.96. The number of nitrogens with zero attached hydrogens (tertiary/aromatic N) is 1. The molecular weight excluding hydrogens is 296 g/mol. The fourth-order valence-electron chi connectivity index (χ4n) is 0.818. The van der Waals surface area contributed by atoms with Crippen molar-refractivity contribution in [3.8, 4) is 0 Å². The third-order valence-electron chi connectivity index (χ3n) is 1.43. The minimum atomic E-state index is 0.795. The van der Waals surface area contributed by atoms with Gasteiger partial charge in [-0.05, 0) is 44.8 Å². The first kappa shape index (κ1) is 10.7. The molecule has 0 aromatic carbocycles. The van der Waals surface area contributed by atoms with Gasteiger partial charge in [0.2, 0.25) is 0 Å². The van der Waals surface area contributed by atoms with E-state index in [1.54, 1.807) is 6.20 Å². The number of nitrogens with one attached hydrogen (secondary N) is 1. The minimum Gasteiger partial charge on any atom is -0.366 e. The van der Waals surface area contributed by atoms with E-state index >= 15 is 0 Å². The maximum Gasteiger partial charge on any atom is 0.140 e. The lowest BCUT2D eigenvalue weighted by atomic mass is 10.4. The van der Waals surface area contributed by atoms with Crippen molar-refractivity contribution in [2.75, 3.05) is 11.9 Å². The van der Waals surface area contributed by atoms with Crippen molar-refractivity contribution in [1.29, 1.82) is 0 Å². The van der Waals surface area contributed by atoms with Crippen LogP contribution in [-0.4, -0.2) is 11.5 Å². The monoisotopic (exact) mass is 304 g/mol. The molecule has 0 fully saturated rings. The van der Waals surface area contributed by atoms with Gasteiger partial charge in [0.15, 0.2) is 0 Å². The summed E-state index contributed by atoms with van der Waals surface area (Å²) in [5, 5.41) is 3.18. The van der Waals surface area contributed by atoms with Gasteiger partial charge >= 0.3 is 0 Å². The molecule has 0 radical (unpaired) electrons. The molecule has 1 heterocycles. The Morgan fingerprint density at radius 2 is 2.31 bits per heavy atom. The van der Waals surface area contributed by atoms with Crippen LogP contribution < -0.4 is 5.32 Å². The normalized spacial score (nSPS) is 10.7. The topological polar surface area (TPSA) is 24.9 Å². The zero-order chi connectivity index (χ0) is 9.68. The Hall–Kier alpha value is -0.350. The molecular formula is C9H10Br2N2. The van der Waals surface area contributed by atoms with Gasteiger partial charge in [-0.25, -0.2) is 4.98 Å². The summed E-state index contributed by atoms with van der Waals surface area (Å²) in [4.78, 5) is 4.21. The molecule has 70 valence electrons. The van der Waals surface area contributed by atoms with E-state index in [2.05, 4.69) is 42.2 Å². The molecule has 1 aromatic rings. The molecule has 1 rings (SSSR count). The molecule has 0 saturated heterocycles. The van der Waals surface area contributed by atoms with Crippen LogP contribution in [0.25, 0.3) is 0 Å². The van der Waals surface area contributed by atoms with Crippen LogP contribution >= 0.6 is 31.9 Å². The largest absolute Gasteiger partial charge is 0.366 e. The molecule has 0 spiro atoms. The van der Waals surface area contributed by atoms with Crippen LogP contribution in [0.4, 0.5) is 5.82 Å². The molecule has 0 bridgehead atoms. The fraction of sp³-hybridized carbons (Fsp3) is 0.222. The number of hydrogen-bond acceptors (Lipinski definition) is 2. The standard InChI is InChI=1S/C9H10Br2N2/c1-2-3-4-12-9-8(11)5-7(10)6-13-9/h2-3,5-6H,4H2,1H3,(H,12,13)/b3-2+. The number of aromatic nitrogens is 1. The number of hydrogen-bond donors (Lipinski definition) is 1. The highest BCUT2D eigenvalue weighted by Crippen LogP contribution is 2.22. The number of allylic oxidation sites excluding steroid dienone is 1. The third kappa shape index (κ3) is 3.48. The lowest BCUT2D eigenvalue weighted by Crippen LogP contribution is -2.00. The Bertz CT molecular complexity index is 310. The van der Waals surface area contributed by atoms with E-state index in [-0.39, 0.29) is 0 Å². The molecule has 0 aliphatic rings. The Labute approximate surface area is 94.7 Å². The molecule has 13 heavy (non-hydrogen) atoms. The molecule has 1 aromatic heterocycles. The molecule has 0 unspecified atom stereocenters. The van der Waals surface area contributed by atoms with Crippen molar-refractivity contribution in [3.63, 3.8) is 0 Å². The molecule has 0 amide bonds. The van der Waals surface area contributed by atoms with Gasteiger partial charge in [-0.15, -0.1) is 0 Å². The zero-order valence-corrected chi connectivity index (χ0v) is 10.4. The third-order valence-corrected chi connectivity index (χ3v) is 2.47. The van der Waals surface area contributed by atoms with Gasteiger partial charge in [0.1, 0.15) is 5.82 Å². The van der Waals surface area contributed by atoms with Crippen molar-refractivity contribution in [2.24, 2.45) is 0 Å². The summed E-state index contributed by atoms with van der Waals surface area (Å²) in [5.74, 6) is 0.862. The lowest BCUT2D eigenvalue weighted by molar-refractivity contribution is 1.20. The van der Waals surface area contributed by atoms with Gasteiger partial charge in [0.05, 0.1) is 4.47 Å². The molecule has 0 atom stereocenters. The minimum absolute atomic E-state index is 0.795. The van der Waals surface area contributed by atoms with Crippen LogP contribution in [0.1, 0.15) is 6.92 Å². The number of rotatable bonds is 3. The van der Waals surface area contributed by atoms with Crippen LogP contribution in [0.3, 0.4) is 0 Å². The van der Waals surface area contributed by atoms with Gasteiger partial charge in [-0.3, -0.25) is 0 Å². The maximum absolute atomic E-state index is 4.21. The molecule has 1 N–H and O–H groups in total. The second-order valence-electron chi connectivity index (χ2n) is 2.43. The summed E-state index contributed by atoms with van der Waals surface area (Å²) in [7, 11) is 0. The van der Waals surface area contributed by atoms with Gasteiger partial charge in [-0.2, -0.15) is 0 Å². The van der Waals surface area contributed by atoms with Crippen molar-refractivity contribution < 1.29 is 0 Å². The molecule has 0 aliphatic heterocycles. The zero-order valence-electron chi connectivity index (χ0n) is 7.22. The second-order valence-corrected chi connectivity index (χ2v) is 4.20. The first-order valence-corrected chi connectivity index (χ1v) is 5.48. The van der Waals surface area contributed by atoms with Crippen LogP contribution in [0, 0.1) is 0 Å². The summed E-state index contributed by atoms with van der Waals surface area (Å²) < 4.78 is 1.93. The highest BCUT2D eigenvalue weighted by atomic mass is 79.9. The Morgan fingerprint density at radius 1 is 1.54 bits per heavy atom. The lowest BCUT2D eigenvalue weighted by Gasteiger charge is -2.04. The van der Waals surface area contributed by atoms with Crippen LogP contribution in [0.15, 0.2) is 33.4 Å². The quantitative estimate of drug-likeness (QED) is 0.863. The van der Waals surface area contributed by atoms with E-state index in [0.717, 1.165) is 21.3 Å². The van der Waals surface area contributed by atoms with E-state index in [9.17, 15) is 0 Å². The van der Waals surface area contributed by atoms with E-state index in [1.807, 2.05) is 25.1 Å². The first-order valence-electron chi connectivity index (χ1n) is 3.90. The summed E-state index contributed by atoms with van der Waals surface area (Å²) in [6.45, 7) is 2.79. The molecule has 0 saturated carbocycles. The van der Waals surface area contributed by atoms with Crippen LogP contribution in [-0.2, 0) is 0 Å². The average molecular weight is 306 g/mol. The summed E-state index contributed by atoms with van der Waals surface area (Å²) in [5.41, 5.74) is 0. The summed E-state index contributed by atoms with van der Waals surface area (Å²) >= 11 is 6.76. The van der Waals surface area contributed by atoms with Crippen molar-refractivity contribution in [3.05, 3.63) is 33.4 Å². The summed E-state index contributed by atoms with van der Waals surface area (Å²) in [6.07, 6.45) is 5.80. The van der Waals surface area contributed by atoms with Crippen molar-refractivity contribution >= 4 is 37.7 Å². The van der Waals surface area contributed by atoms with E-state index in [1.165, 1.54) is 0 Å². The van der Waals surface area contributed by atoms with Crippen LogP contribution in [0.5, 0.6) is 0 Å². The Morgan fingerprint density at radius 3 is 2.92 bits per heavy atom. The molecule has 0 aliphatic carbocycles. The van der Waals surface area contributed by atoms with Crippen LogP contribution in [0.2, 0.25) is 0 Å². The van der Waals surface area contributed by atoms with Gasteiger partial charge < -0.3 is 5.32 Å². The number of halogens is 2. The predicted octanol–water partition coefficient (Wildman–Crippen LogP) is 3.59. The van der Waals surface area contributed by atoms with Crippen molar-refractivity contribution in [2.45, 2.75) is 6.92 Å². The molecule has 4 heteroatoms. The SMILES string of the molecule is C/C=C/CNc1ncc(Br)cc1Br. The molecule has 2 nitrogen and oxygen atoms in total. The highest BCUT2D eigenvalue weighted by molar-refractivity contribution is 9.11. The van der Waals surface area contributed by atoms with E-state index in [4.69, 9.17) is 0 Å². The second kappa shape index (κ2) is 5.40. The smallest absolute Gasteiger partial charge is 0.140 e.